The first kappa shape index (κ1) is 17.9. The Morgan fingerprint density at radius 1 is 1.25 bits per heavy atom. The van der Waals surface area contributed by atoms with E-state index in [-0.39, 0.29) is 17.2 Å². The first-order valence-corrected chi connectivity index (χ1v) is 6.68. The zero-order valence-electron chi connectivity index (χ0n) is 12.2. The summed E-state index contributed by atoms with van der Waals surface area (Å²) < 4.78 is 61.4. The van der Waals surface area contributed by atoms with E-state index in [0.717, 1.165) is 13.2 Å². The number of esters is 1. The van der Waals surface area contributed by atoms with Gasteiger partial charge in [0, 0.05) is 0 Å². The molecule has 0 saturated heterocycles. The monoisotopic (exact) mass is 364 g/mol. The summed E-state index contributed by atoms with van der Waals surface area (Å²) in [6.07, 6.45) is -4.19. The van der Waals surface area contributed by atoms with Gasteiger partial charge in [0.05, 0.1) is 24.0 Å². The first-order valence-electron chi connectivity index (χ1n) is 6.30. The Bertz CT molecular complexity index is 796. The van der Waals surface area contributed by atoms with Crippen LogP contribution in [0.3, 0.4) is 0 Å². The molecule has 0 fully saturated rings. The molecule has 2 heterocycles. The molecular formula is C14H9ClF4N2O3. The largest absolute Gasteiger partial charge is 0.465 e. The highest BCUT2D eigenvalue weighted by Gasteiger charge is 2.38. The van der Waals surface area contributed by atoms with Gasteiger partial charge in [-0.2, -0.15) is 17.6 Å². The lowest BCUT2D eigenvalue weighted by atomic mass is 10.2. The van der Waals surface area contributed by atoms with Crippen LogP contribution in [0.25, 0.3) is 0 Å². The number of aromatic nitrogens is 2. The van der Waals surface area contributed by atoms with E-state index in [0.29, 0.717) is 6.20 Å². The van der Waals surface area contributed by atoms with Crippen LogP contribution < -0.4 is 4.74 Å². The molecule has 0 aliphatic heterocycles. The number of pyridine rings is 2. The smallest absolute Gasteiger partial charge is 0.434 e. The van der Waals surface area contributed by atoms with E-state index in [9.17, 15) is 22.4 Å². The first-order chi connectivity index (χ1) is 11.1. The maximum atomic E-state index is 13.0. The fraction of sp³-hybridized carbons (Fsp3) is 0.214. The number of hydrogen-bond acceptors (Lipinski definition) is 5. The number of carbonyl (C=O) groups excluding carboxylic acids is 1. The molecule has 5 nitrogen and oxygen atoms in total. The third-order valence-corrected chi connectivity index (χ3v) is 3.23. The number of alkyl halides is 3. The summed E-state index contributed by atoms with van der Waals surface area (Å²) in [6, 6.07) is 2.18. The molecule has 0 aliphatic rings. The molecule has 2 aromatic heterocycles. The number of carbonyl (C=O) groups is 1. The second kappa shape index (κ2) is 6.60. The molecule has 0 N–H and O–H groups in total. The predicted octanol–water partition coefficient (Wildman–Crippen LogP) is 4.18. The third-order valence-electron chi connectivity index (χ3n) is 2.87. The van der Waals surface area contributed by atoms with Gasteiger partial charge in [-0.15, -0.1) is 0 Å². The summed E-state index contributed by atoms with van der Waals surface area (Å²) in [6.45, 7) is 1.41. The van der Waals surface area contributed by atoms with Crippen LogP contribution in [0.2, 0.25) is 5.02 Å². The molecule has 0 aromatic carbocycles. The molecule has 128 valence electrons. The van der Waals surface area contributed by atoms with Gasteiger partial charge in [-0.05, 0) is 19.1 Å². The maximum absolute atomic E-state index is 13.0. The van der Waals surface area contributed by atoms with Gasteiger partial charge < -0.3 is 9.47 Å². The van der Waals surface area contributed by atoms with Crippen molar-refractivity contribution in [2.24, 2.45) is 0 Å². The predicted molar refractivity (Wildman–Crippen MR) is 74.6 cm³/mol. The Kier molecular flexibility index (Phi) is 4.93. The average molecular weight is 365 g/mol. The van der Waals surface area contributed by atoms with Crippen molar-refractivity contribution in [2.75, 3.05) is 7.11 Å². The van der Waals surface area contributed by atoms with Gasteiger partial charge in [-0.1, -0.05) is 11.6 Å². The normalized spacial score (nSPS) is 11.3. The van der Waals surface area contributed by atoms with Gasteiger partial charge in [0.25, 0.3) is 0 Å². The van der Waals surface area contributed by atoms with E-state index in [1.165, 1.54) is 13.0 Å². The van der Waals surface area contributed by atoms with Gasteiger partial charge in [-0.25, -0.2) is 14.8 Å². The second-order valence-corrected chi connectivity index (χ2v) is 4.85. The zero-order valence-corrected chi connectivity index (χ0v) is 13.0. The van der Waals surface area contributed by atoms with Gasteiger partial charge in [0.15, 0.2) is 11.4 Å². The standard InChI is InChI=1S/C14H9ClF4N2O3/c1-6-7(3-4-9(16)21-6)24-8-5-20-12(14(17,18)19)11(15)10(8)13(22)23-2/h3-5H,1-2H3. The maximum Gasteiger partial charge on any atom is 0.434 e. The minimum absolute atomic E-state index is 0.0131. The summed E-state index contributed by atoms with van der Waals surface area (Å²) in [5.74, 6) is -2.28. The highest BCUT2D eigenvalue weighted by Crippen LogP contribution is 2.39. The second-order valence-electron chi connectivity index (χ2n) is 4.47. The minimum Gasteiger partial charge on any atom is -0.465 e. The number of ether oxygens (including phenoxy) is 2. The van der Waals surface area contributed by atoms with Crippen molar-refractivity contribution in [2.45, 2.75) is 13.1 Å². The van der Waals surface area contributed by atoms with E-state index < -0.39 is 34.4 Å². The highest BCUT2D eigenvalue weighted by atomic mass is 35.5. The average Bonchev–Trinajstić information content (AvgIpc) is 2.48. The van der Waals surface area contributed by atoms with Crippen molar-refractivity contribution in [1.29, 1.82) is 0 Å². The molecule has 0 aliphatic carbocycles. The van der Waals surface area contributed by atoms with Crippen LogP contribution in [0.4, 0.5) is 17.6 Å². The Morgan fingerprint density at radius 2 is 1.92 bits per heavy atom. The van der Waals surface area contributed by atoms with Gasteiger partial charge in [0.1, 0.15) is 11.3 Å². The lowest BCUT2D eigenvalue weighted by Crippen LogP contribution is -2.14. The fourth-order valence-electron chi connectivity index (χ4n) is 1.78. The van der Waals surface area contributed by atoms with Crippen molar-refractivity contribution in [3.05, 3.63) is 46.3 Å². The third kappa shape index (κ3) is 3.56. The van der Waals surface area contributed by atoms with E-state index in [1.54, 1.807) is 0 Å². The number of nitrogens with zero attached hydrogens (tertiary/aromatic N) is 2. The lowest BCUT2D eigenvalue weighted by Gasteiger charge is -2.15. The quantitative estimate of drug-likeness (QED) is 0.464. The molecule has 0 atom stereocenters. The van der Waals surface area contributed by atoms with Gasteiger partial charge in [-0.3, -0.25) is 0 Å². The van der Waals surface area contributed by atoms with Crippen LogP contribution in [0.5, 0.6) is 11.5 Å². The van der Waals surface area contributed by atoms with E-state index in [4.69, 9.17) is 16.3 Å². The molecule has 0 amide bonds. The lowest BCUT2D eigenvalue weighted by molar-refractivity contribution is -0.141. The van der Waals surface area contributed by atoms with Crippen LogP contribution in [0.15, 0.2) is 18.3 Å². The van der Waals surface area contributed by atoms with Gasteiger partial charge in [0.2, 0.25) is 5.95 Å². The Balaban J connectivity index is 2.57. The number of aryl methyl sites for hydroxylation is 1. The Morgan fingerprint density at radius 3 is 2.46 bits per heavy atom. The van der Waals surface area contributed by atoms with E-state index in [1.807, 2.05) is 0 Å². The number of hydrogen-bond donors (Lipinski definition) is 0. The summed E-state index contributed by atoms with van der Waals surface area (Å²) in [4.78, 5) is 18.5. The summed E-state index contributed by atoms with van der Waals surface area (Å²) in [7, 11) is 0.973. The molecule has 2 rings (SSSR count). The molecule has 0 spiro atoms. The van der Waals surface area contributed by atoms with E-state index >= 15 is 0 Å². The number of halogens is 5. The van der Waals surface area contributed by atoms with Crippen molar-refractivity contribution >= 4 is 17.6 Å². The molecule has 10 heteroatoms. The van der Waals surface area contributed by atoms with Gasteiger partial charge >= 0.3 is 12.1 Å². The minimum atomic E-state index is -4.87. The summed E-state index contributed by atoms with van der Waals surface area (Å²) >= 11 is 5.66. The molecule has 0 unspecified atom stereocenters. The highest BCUT2D eigenvalue weighted by molar-refractivity contribution is 6.34. The zero-order chi connectivity index (χ0) is 18.1. The molecule has 0 bridgehead atoms. The summed E-state index contributed by atoms with van der Waals surface area (Å²) in [5, 5.41) is -0.959. The van der Waals surface area contributed by atoms with Crippen molar-refractivity contribution in [3.8, 4) is 11.5 Å². The Hall–Kier alpha value is -2.42. The van der Waals surface area contributed by atoms with Crippen molar-refractivity contribution in [1.82, 2.24) is 9.97 Å². The molecule has 0 radical (unpaired) electrons. The SMILES string of the molecule is COC(=O)c1c(Oc2ccc(F)nc2C)cnc(C(F)(F)F)c1Cl. The van der Waals surface area contributed by atoms with Crippen LogP contribution in [0, 0.1) is 12.9 Å². The van der Waals surface area contributed by atoms with Crippen LogP contribution >= 0.6 is 11.6 Å². The van der Waals surface area contributed by atoms with Crippen LogP contribution in [0.1, 0.15) is 21.7 Å². The Labute approximate surface area is 138 Å². The molecular weight excluding hydrogens is 356 g/mol. The van der Waals surface area contributed by atoms with Crippen LogP contribution in [-0.2, 0) is 10.9 Å². The number of rotatable bonds is 3. The molecule has 24 heavy (non-hydrogen) atoms. The number of methoxy groups -OCH3 is 1. The molecule has 0 saturated carbocycles. The van der Waals surface area contributed by atoms with E-state index in [2.05, 4.69) is 14.7 Å². The molecule has 2 aromatic rings. The fourth-order valence-corrected chi connectivity index (χ4v) is 2.11. The van der Waals surface area contributed by atoms with Crippen molar-refractivity contribution in [3.63, 3.8) is 0 Å². The summed E-state index contributed by atoms with van der Waals surface area (Å²) in [5.41, 5.74) is -1.99. The topological polar surface area (TPSA) is 61.3 Å². The van der Waals surface area contributed by atoms with Crippen LogP contribution in [-0.4, -0.2) is 23.0 Å². The van der Waals surface area contributed by atoms with Crippen molar-refractivity contribution < 1.29 is 31.8 Å².